The minimum absolute atomic E-state index is 0.0362. The molecule has 0 radical (unpaired) electrons. The number of aryl methyl sites for hydroxylation is 1. The summed E-state index contributed by atoms with van der Waals surface area (Å²) in [6.45, 7) is 6.40. The first-order chi connectivity index (χ1) is 21.5. The molecular weight excluding hydrogens is 577 g/mol. The zero-order chi connectivity index (χ0) is 32.3. The van der Waals surface area contributed by atoms with E-state index in [0.717, 1.165) is 0 Å². The molecule has 2 amide bonds. The number of morpholine rings is 1. The maximum Gasteiger partial charge on any atom is 0.293 e. The monoisotopic (exact) mass is 613 g/mol. The molecule has 3 aromatic carbocycles. The molecule has 45 heavy (non-hydrogen) atoms. The quantitative estimate of drug-likeness (QED) is 0.313. The highest BCUT2D eigenvalue weighted by Crippen LogP contribution is 2.34. The van der Waals surface area contributed by atoms with E-state index in [0.29, 0.717) is 36.5 Å². The lowest BCUT2D eigenvalue weighted by Gasteiger charge is -2.36. The zero-order valence-electron chi connectivity index (χ0n) is 25.7. The fraction of sp³-hybridized carbons (Fsp3) is 0.294. The Morgan fingerprint density at radius 2 is 1.76 bits per heavy atom. The van der Waals surface area contributed by atoms with Crippen molar-refractivity contribution in [2.24, 2.45) is 7.05 Å². The molecule has 1 fully saturated rings. The Morgan fingerprint density at radius 1 is 1.04 bits per heavy atom. The number of nitrogens with zero attached hydrogens (tertiary/aromatic N) is 4. The third-order valence-corrected chi connectivity index (χ3v) is 7.49. The molecule has 234 valence electrons. The fourth-order valence-electron chi connectivity index (χ4n) is 5.22. The van der Waals surface area contributed by atoms with Crippen LogP contribution in [0.4, 0.5) is 21.6 Å². The summed E-state index contributed by atoms with van der Waals surface area (Å²) in [5, 5.41) is 12.4. The third-order valence-electron chi connectivity index (χ3n) is 7.49. The molecule has 1 aliphatic rings. The predicted molar refractivity (Wildman–Crippen MR) is 170 cm³/mol. The van der Waals surface area contributed by atoms with Gasteiger partial charge >= 0.3 is 0 Å². The number of ether oxygens (including phenoxy) is 1. The number of benzene rings is 3. The summed E-state index contributed by atoms with van der Waals surface area (Å²) in [4.78, 5) is 47.1. The minimum atomic E-state index is -0.758. The van der Waals surface area contributed by atoms with Gasteiger partial charge < -0.3 is 29.5 Å². The standard InChI is InChI=1S/C34H36FN5O5/c1-34(2,3)40(32(43)22-9-6-5-7-10-22)28-12-8-11-26(29(28)35)27-20-38(4)33(44)30(37-27)36-24-15-13-23(14-16-24)31(42)39-17-18-45-25(19-39)21-41/h5-16,20,25,41H,17-19,21H2,1-4H3,(H,36,37). The Kier molecular flexibility index (Phi) is 9.12. The van der Waals surface area contributed by atoms with Crippen molar-refractivity contribution in [3.63, 3.8) is 0 Å². The van der Waals surface area contributed by atoms with E-state index < -0.39 is 23.0 Å². The zero-order valence-corrected chi connectivity index (χ0v) is 25.7. The molecule has 0 bridgehead atoms. The summed E-state index contributed by atoms with van der Waals surface area (Å²) in [6, 6.07) is 20.0. The highest BCUT2D eigenvalue weighted by Gasteiger charge is 2.32. The molecule has 1 unspecified atom stereocenters. The van der Waals surface area contributed by atoms with Gasteiger partial charge in [-0.05, 0) is 69.3 Å². The van der Waals surface area contributed by atoms with Gasteiger partial charge in [0.2, 0.25) is 0 Å². The average molecular weight is 614 g/mol. The number of aromatic nitrogens is 2. The van der Waals surface area contributed by atoms with Gasteiger partial charge in [-0.15, -0.1) is 0 Å². The molecule has 10 nitrogen and oxygen atoms in total. The number of amides is 2. The summed E-state index contributed by atoms with van der Waals surface area (Å²) in [5.74, 6) is -1.22. The first-order valence-electron chi connectivity index (χ1n) is 14.6. The Morgan fingerprint density at radius 3 is 2.42 bits per heavy atom. The Bertz CT molecular complexity index is 1750. The van der Waals surface area contributed by atoms with Crippen molar-refractivity contribution in [2.75, 3.05) is 36.5 Å². The van der Waals surface area contributed by atoms with Crippen LogP contribution in [0, 0.1) is 5.82 Å². The van der Waals surface area contributed by atoms with E-state index in [4.69, 9.17) is 4.74 Å². The number of hydrogen-bond acceptors (Lipinski definition) is 7. The maximum atomic E-state index is 16.3. The van der Waals surface area contributed by atoms with Crippen molar-refractivity contribution >= 4 is 29.0 Å². The van der Waals surface area contributed by atoms with Crippen LogP contribution < -0.4 is 15.8 Å². The number of aliphatic hydroxyl groups is 1. The van der Waals surface area contributed by atoms with Crippen LogP contribution in [0.2, 0.25) is 0 Å². The van der Waals surface area contributed by atoms with Crippen LogP contribution >= 0.6 is 0 Å². The van der Waals surface area contributed by atoms with Gasteiger partial charge in [-0.25, -0.2) is 9.37 Å². The van der Waals surface area contributed by atoms with Gasteiger partial charge in [0.05, 0.1) is 30.7 Å². The molecule has 11 heteroatoms. The van der Waals surface area contributed by atoms with E-state index in [1.165, 1.54) is 15.7 Å². The topological polar surface area (TPSA) is 117 Å². The van der Waals surface area contributed by atoms with Crippen LogP contribution in [0.25, 0.3) is 11.3 Å². The first-order valence-corrected chi connectivity index (χ1v) is 14.6. The van der Waals surface area contributed by atoms with Crippen LogP contribution in [-0.4, -0.2) is 69.3 Å². The number of carbonyl (C=O) groups excluding carboxylic acids is 2. The highest BCUT2D eigenvalue weighted by atomic mass is 19.1. The van der Waals surface area contributed by atoms with Gasteiger partial charge in [-0.2, -0.15) is 0 Å². The third kappa shape index (κ3) is 6.79. The molecule has 0 aliphatic carbocycles. The Hall–Kier alpha value is -4.87. The summed E-state index contributed by atoms with van der Waals surface area (Å²) < 4.78 is 23.1. The predicted octanol–water partition coefficient (Wildman–Crippen LogP) is 4.61. The van der Waals surface area contributed by atoms with Gasteiger partial charge in [0.1, 0.15) is 0 Å². The summed E-state index contributed by atoms with van der Waals surface area (Å²) in [6.07, 6.45) is 1.03. The number of carbonyl (C=O) groups is 2. The number of hydrogen-bond donors (Lipinski definition) is 2. The summed E-state index contributed by atoms with van der Waals surface area (Å²) in [5.41, 5.74) is 0.583. The van der Waals surface area contributed by atoms with E-state index in [1.807, 2.05) is 26.8 Å². The molecule has 1 aliphatic heterocycles. The average Bonchev–Trinajstić information content (AvgIpc) is 3.04. The lowest BCUT2D eigenvalue weighted by atomic mass is 10.0. The van der Waals surface area contributed by atoms with Gasteiger partial charge in [-0.1, -0.05) is 24.3 Å². The highest BCUT2D eigenvalue weighted by molar-refractivity contribution is 6.07. The molecule has 1 atom stereocenters. The summed E-state index contributed by atoms with van der Waals surface area (Å²) in [7, 11) is 1.55. The Balaban J connectivity index is 1.44. The number of aliphatic hydroxyl groups excluding tert-OH is 1. The molecule has 2 heterocycles. The number of nitrogens with one attached hydrogen (secondary N) is 1. The maximum absolute atomic E-state index is 16.3. The van der Waals surface area contributed by atoms with E-state index in [2.05, 4.69) is 10.3 Å². The lowest BCUT2D eigenvalue weighted by molar-refractivity contribution is -0.0447. The molecule has 1 aromatic heterocycles. The van der Waals surface area contributed by atoms with Crippen molar-refractivity contribution in [1.29, 1.82) is 0 Å². The van der Waals surface area contributed by atoms with Gasteiger partial charge in [0.25, 0.3) is 17.4 Å². The van der Waals surface area contributed by atoms with Crippen LogP contribution in [0.5, 0.6) is 0 Å². The fourth-order valence-corrected chi connectivity index (χ4v) is 5.22. The van der Waals surface area contributed by atoms with Crippen molar-refractivity contribution < 1.29 is 23.8 Å². The molecule has 4 aromatic rings. The van der Waals surface area contributed by atoms with E-state index in [1.54, 1.807) is 78.7 Å². The second-order valence-corrected chi connectivity index (χ2v) is 11.8. The lowest BCUT2D eigenvalue weighted by Crippen LogP contribution is -2.46. The molecule has 0 spiro atoms. The van der Waals surface area contributed by atoms with Crippen molar-refractivity contribution in [2.45, 2.75) is 32.4 Å². The molecule has 5 rings (SSSR count). The largest absolute Gasteiger partial charge is 0.394 e. The first kappa shape index (κ1) is 31.6. The van der Waals surface area contributed by atoms with Gasteiger partial charge in [-0.3, -0.25) is 14.4 Å². The van der Waals surface area contributed by atoms with Crippen LogP contribution in [0.1, 0.15) is 41.5 Å². The normalized spacial score (nSPS) is 15.1. The number of halogens is 1. The molecule has 0 saturated carbocycles. The van der Waals surface area contributed by atoms with Crippen LogP contribution in [0.3, 0.4) is 0 Å². The Labute approximate surface area is 260 Å². The second-order valence-electron chi connectivity index (χ2n) is 11.8. The van der Waals surface area contributed by atoms with Crippen LogP contribution in [0.15, 0.2) is 83.8 Å². The SMILES string of the molecule is Cn1cc(-c2cccc(N(C(=O)c3ccccc3)C(C)(C)C)c2F)nc(Nc2ccc(C(=O)N3CCOC(CO)C3)cc2)c1=O. The number of anilines is 3. The van der Waals surface area contributed by atoms with Crippen LogP contribution in [-0.2, 0) is 11.8 Å². The number of rotatable bonds is 7. The van der Waals surface area contributed by atoms with E-state index >= 15 is 4.39 Å². The summed E-state index contributed by atoms with van der Waals surface area (Å²) >= 11 is 0. The molecule has 1 saturated heterocycles. The van der Waals surface area contributed by atoms with E-state index in [-0.39, 0.29) is 41.2 Å². The molecule has 2 N–H and O–H groups in total. The van der Waals surface area contributed by atoms with Gasteiger partial charge in [0.15, 0.2) is 11.6 Å². The van der Waals surface area contributed by atoms with Crippen molar-refractivity contribution in [1.82, 2.24) is 14.5 Å². The smallest absolute Gasteiger partial charge is 0.293 e. The second kappa shape index (κ2) is 13.0. The van der Waals surface area contributed by atoms with E-state index in [9.17, 15) is 19.5 Å². The van der Waals surface area contributed by atoms with Crippen molar-refractivity contribution in [3.05, 3.63) is 106 Å². The van der Waals surface area contributed by atoms with Crippen molar-refractivity contribution in [3.8, 4) is 11.3 Å². The minimum Gasteiger partial charge on any atom is -0.394 e. The van der Waals surface area contributed by atoms with Gasteiger partial charge in [0, 0.05) is 54.3 Å². The molecular formula is C34H36FN5O5.